The molecule has 2 aromatic carbocycles. The van der Waals surface area contributed by atoms with Gasteiger partial charge < -0.3 is 4.74 Å². The van der Waals surface area contributed by atoms with Gasteiger partial charge in [0, 0.05) is 11.5 Å². The summed E-state index contributed by atoms with van der Waals surface area (Å²) in [5, 5.41) is 0. The Kier molecular flexibility index (Phi) is 5.72. The molecular formula is C17H14F5NO3S2. The van der Waals surface area contributed by atoms with Crippen LogP contribution in [0.25, 0.3) is 0 Å². The van der Waals surface area contributed by atoms with E-state index in [2.05, 4.69) is 4.72 Å². The van der Waals surface area contributed by atoms with Gasteiger partial charge in [-0.05, 0) is 30.4 Å². The van der Waals surface area contributed by atoms with E-state index in [0.717, 1.165) is 4.90 Å². The molecule has 4 nitrogen and oxygen atoms in total. The summed E-state index contributed by atoms with van der Waals surface area (Å²) in [7, 11) is -5.12. The average molecular weight is 439 g/mol. The van der Waals surface area contributed by atoms with E-state index in [9.17, 15) is 30.4 Å². The van der Waals surface area contributed by atoms with Crippen LogP contribution in [-0.2, 0) is 20.3 Å². The Morgan fingerprint density at radius 1 is 0.964 bits per heavy atom. The Morgan fingerprint density at radius 2 is 1.50 bits per heavy atom. The predicted molar refractivity (Wildman–Crippen MR) is 91.9 cm³/mol. The average Bonchev–Trinajstić information content (AvgIpc) is 3.13. The van der Waals surface area contributed by atoms with Crippen LogP contribution in [-0.4, -0.2) is 27.9 Å². The summed E-state index contributed by atoms with van der Waals surface area (Å²) < 4.78 is 101. The van der Waals surface area contributed by atoms with Crippen LogP contribution >= 0.6 is 11.8 Å². The summed E-state index contributed by atoms with van der Waals surface area (Å²) in [5.74, 6) is -11.9. The number of rotatable bonds is 5. The maximum Gasteiger partial charge on any atom is 0.247 e. The summed E-state index contributed by atoms with van der Waals surface area (Å²) in [5.41, 5.74) is -0.967. The topological polar surface area (TPSA) is 55.4 Å². The summed E-state index contributed by atoms with van der Waals surface area (Å²) in [4.78, 5) is -1.03. The van der Waals surface area contributed by atoms with Gasteiger partial charge in [0.05, 0.1) is 12.1 Å². The number of halogens is 5. The molecule has 0 amide bonds. The van der Waals surface area contributed by atoms with Crippen LogP contribution in [0.4, 0.5) is 22.0 Å². The molecular weight excluding hydrogens is 425 g/mol. The van der Waals surface area contributed by atoms with Crippen LogP contribution in [0.5, 0.6) is 0 Å². The molecule has 28 heavy (non-hydrogen) atoms. The van der Waals surface area contributed by atoms with E-state index in [4.69, 9.17) is 4.74 Å². The van der Waals surface area contributed by atoms with Gasteiger partial charge in [0.15, 0.2) is 28.2 Å². The van der Waals surface area contributed by atoms with Crippen molar-refractivity contribution in [1.82, 2.24) is 4.72 Å². The Balaban J connectivity index is 2.09. The minimum atomic E-state index is -5.12. The second-order valence-corrected chi connectivity index (χ2v) is 8.62. The minimum absolute atomic E-state index is 0.111. The number of thioether (sulfide) groups is 1. The molecule has 0 aromatic heterocycles. The molecule has 3 rings (SSSR count). The van der Waals surface area contributed by atoms with E-state index in [1.165, 1.54) is 11.8 Å². The third kappa shape index (κ3) is 3.51. The molecule has 1 N–H and O–H groups in total. The van der Waals surface area contributed by atoms with Crippen molar-refractivity contribution in [3.63, 3.8) is 0 Å². The smallest absolute Gasteiger partial charge is 0.247 e. The SMILES string of the molecule is CSc1ccc(C2(NS(=O)(=O)c3c(F)c(F)c(F)c(F)c3F)CCOC2)cc1. The molecule has 1 unspecified atom stereocenters. The fourth-order valence-electron chi connectivity index (χ4n) is 2.97. The molecule has 1 aliphatic rings. The van der Waals surface area contributed by atoms with Crippen molar-refractivity contribution in [3.05, 3.63) is 58.9 Å². The summed E-state index contributed by atoms with van der Waals surface area (Å²) >= 11 is 1.45. The van der Waals surface area contributed by atoms with Gasteiger partial charge in [-0.3, -0.25) is 0 Å². The molecule has 0 aliphatic carbocycles. The standard InChI is InChI=1S/C17H14F5NO3S2/c1-27-10-4-2-9(3-5-10)17(6-7-26-8-17)23-28(24,25)16-14(21)12(19)11(18)13(20)15(16)22/h2-5,23H,6-8H2,1H3. The van der Waals surface area contributed by atoms with Crippen LogP contribution in [0, 0.1) is 29.1 Å². The minimum Gasteiger partial charge on any atom is -0.379 e. The molecule has 1 fully saturated rings. The molecule has 0 bridgehead atoms. The molecule has 152 valence electrons. The second-order valence-electron chi connectivity index (χ2n) is 6.12. The fraction of sp³-hybridized carbons (Fsp3) is 0.294. The van der Waals surface area contributed by atoms with E-state index in [1.54, 1.807) is 24.3 Å². The van der Waals surface area contributed by atoms with Gasteiger partial charge >= 0.3 is 0 Å². The molecule has 0 spiro atoms. The van der Waals surface area contributed by atoms with Crippen LogP contribution in [0.2, 0.25) is 0 Å². The molecule has 1 saturated heterocycles. The van der Waals surface area contributed by atoms with Crippen molar-refractivity contribution in [2.24, 2.45) is 0 Å². The number of nitrogens with one attached hydrogen (secondary N) is 1. The molecule has 1 heterocycles. The molecule has 0 saturated carbocycles. The zero-order chi connectivity index (χ0) is 20.7. The van der Waals surface area contributed by atoms with Crippen molar-refractivity contribution in [2.45, 2.75) is 21.8 Å². The highest BCUT2D eigenvalue weighted by Gasteiger charge is 2.43. The van der Waals surface area contributed by atoms with E-state index in [-0.39, 0.29) is 19.6 Å². The maximum absolute atomic E-state index is 14.0. The Hall–Kier alpha value is -1.69. The first-order valence-corrected chi connectivity index (χ1v) is 10.6. The van der Waals surface area contributed by atoms with Gasteiger partial charge in [0.25, 0.3) is 0 Å². The lowest BCUT2D eigenvalue weighted by atomic mass is 9.90. The second kappa shape index (κ2) is 7.62. The van der Waals surface area contributed by atoms with Crippen LogP contribution in [0.15, 0.2) is 34.1 Å². The third-order valence-electron chi connectivity index (χ3n) is 4.43. The summed E-state index contributed by atoms with van der Waals surface area (Å²) in [6.07, 6.45) is 1.95. The van der Waals surface area contributed by atoms with Crippen molar-refractivity contribution in [2.75, 3.05) is 19.5 Å². The largest absolute Gasteiger partial charge is 0.379 e. The van der Waals surface area contributed by atoms with E-state index in [1.807, 2.05) is 6.26 Å². The van der Waals surface area contributed by atoms with Gasteiger partial charge in [0.1, 0.15) is 0 Å². The number of hydrogen-bond acceptors (Lipinski definition) is 4. The quantitative estimate of drug-likeness (QED) is 0.334. The lowest BCUT2D eigenvalue weighted by Crippen LogP contribution is -2.47. The van der Waals surface area contributed by atoms with Gasteiger partial charge in [-0.25, -0.2) is 30.4 Å². The number of benzene rings is 2. The number of hydrogen-bond donors (Lipinski definition) is 1. The monoisotopic (exact) mass is 439 g/mol. The Morgan fingerprint density at radius 3 is 1.96 bits per heavy atom. The number of ether oxygens (including phenoxy) is 1. The van der Waals surface area contributed by atoms with Crippen LogP contribution in [0.1, 0.15) is 12.0 Å². The van der Waals surface area contributed by atoms with Gasteiger partial charge in [-0.2, -0.15) is 4.72 Å². The highest BCUT2D eigenvalue weighted by Crippen LogP contribution is 2.35. The first-order valence-electron chi connectivity index (χ1n) is 7.90. The van der Waals surface area contributed by atoms with E-state index >= 15 is 0 Å². The van der Waals surface area contributed by atoms with Crippen molar-refractivity contribution in [3.8, 4) is 0 Å². The van der Waals surface area contributed by atoms with Crippen molar-refractivity contribution >= 4 is 21.8 Å². The Labute approximate surface area is 162 Å². The molecule has 0 radical (unpaired) electrons. The fourth-order valence-corrected chi connectivity index (χ4v) is 4.93. The molecule has 1 atom stereocenters. The summed E-state index contributed by atoms with van der Waals surface area (Å²) in [6.45, 7) is -0.0237. The highest BCUT2D eigenvalue weighted by atomic mass is 32.2. The molecule has 1 aliphatic heterocycles. The lowest BCUT2D eigenvalue weighted by Gasteiger charge is -2.29. The van der Waals surface area contributed by atoms with Gasteiger partial charge in [0.2, 0.25) is 15.8 Å². The predicted octanol–water partition coefficient (Wildman–Crippen LogP) is 3.70. The van der Waals surface area contributed by atoms with Gasteiger partial charge in [-0.1, -0.05) is 12.1 Å². The molecule has 2 aromatic rings. The third-order valence-corrected chi connectivity index (χ3v) is 6.73. The van der Waals surface area contributed by atoms with Gasteiger partial charge in [-0.15, -0.1) is 11.8 Å². The first-order chi connectivity index (χ1) is 13.1. The number of sulfonamides is 1. The Bertz CT molecular complexity index is 977. The van der Waals surface area contributed by atoms with Crippen LogP contribution in [0.3, 0.4) is 0 Å². The van der Waals surface area contributed by atoms with Crippen LogP contribution < -0.4 is 4.72 Å². The zero-order valence-electron chi connectivity index (χ0n) is 14.4. The highest BCUT2D eigenvalue weighted by molar-refractivity contribution is 7.98. The molecule has 11 heteroatoms. The van der Waals surface area contributed by atoms with Crippen molar-refractivity contribution in [1.29, 1.82) is 0 Å². The van der Waals surface area contributed by atoms with E-state index in [0.29, 0.717) is 5.56 Å². The normalized spacial score (nSPS) is 19.9. The van der Waals surface area contributed by atoms with Crippen molar-refractivity contribution < 1.29 is 35.1 Å². The zero-order valence-corrected chi connectivity index (χ0v) is 16.0. The lowest BCUT2D eigenvalue weighted by molar-refractivity contribution is 0.174. The maximum atomic E-state index is 14.0. The summed E-state index contributed by atoms with van der Waals surface area (Å²) in [6, 6.07) is 6.66. The van der Waals surface area contributed by atoms with E-state index < -0.39 is 49.5 Å². The first kappa shape index (κ1) is 21.0.